The number of amides is 3. The zero-order chi connectivity index (χ0) is 23.7. The van der Waals surface area contributed by atoms with E-state index in [-0.39, 0.29) is 16.5 Å². The third kappa shape index (κ3) is 4.27. The van der Waals surface area contributed by atoms with Crippen LogP contribution < -0.4 is 15.5 Å². The highest BCUT2D eigenvalue weighted by Gasteiger charge is 2.29. The SMILES string of the molecule is O=C(Nc1cccc(N2CCNC2=O)c1)c1cccc(S(=O)(=O)N2CCc3ccccc3C2)c1. The number of nitrogens with one attached hydrogen (secondary N) is 2. The number of hydrogen-bond acceptors (Lipinski definition) is 4. The van der Waals surface area contributed by atoms with Crippen LogP contribution in [0.4, 0.5) is 16.2 Å². The van der Waals surface area contributed by atoms with E-state index < -0.39 is 15.9 Å². The molecule has 2 N–H and O–H groups in total. The van der Waals surface area contributed by atoms with E-state index in [0.29, 0.717) is 44.0 Å². The molecule has 0 aromatic heterocycles. The van der Waals surface area contributed by atoms with Gasteiger partial charge < -0.3 is 10.6 Å². The van der Waals surface area contributed by atoms with Gasteiger partial charge in [-0.05, 0) is 53.9 Å². The summed E-state index contributed by atoms with van der Waals surface area (Å²) in [6.07, 6.45) is 0.654. The lowest BCUT2D eigenvalue weighted by molar-refractivity contribution is 0.102. The summed E-state index contributed by atoms with van der Waals surface area (Å²) in [5, 5.41) is 5.55. The van der Waals surface area contributed by atoms with E-state index in [4.69, 9.17) is 0 Å². The number of carbonyl (C=O) groups is 2. The summed E-state index contributed by atoms with van der Waals surface area (Å²) in [6, 6.07) is 20.7. The maximum Gasteiger partial charge on any atom is 0.321 e. The largest absolute Gasteiger partial charge is 0.336 e. The highest BCUT2D eigenvalue weighted by Crippen LogP contribution is 2.26. The van der Waals surface area contributed by atoms with Crippen molar-refractivity contribution in [1.82, 2.24) is 9.62 Å². The van der Waals surface area contributed by atoms with Gasteiger partial charge in [-0.3, -0.25) is 9.69 Å². The van der Waals surface area contributed by atoms with Crippen LogP contribution in [0.2, 0.25) is 0 Å². The Balaban J connectivity index is 1.34. The van der Waals surface area contributed by atoms with E-state index in [9.17, 15) is 18.0 Å². The predicted octanol–water partition coefficient (Wildman–Crippen LogP) is 3.22. The normalized spacial score (nSPS) is 16.1. The Hall–Kier alpha value is -3.69. The Morgan fingerprint density at radius 3 is 2.50 bits per heavy atom. The van der Waals surface area contributed by atoms with Gasteiger partial charge in [0.2, 0.25) is 10.0 Å². The minimum atomic E-state index is -3.76. The first-order valence-electron chi connectivity index (χ1n) is 11.1. The topological polar surface area (TPSA) is 98.8 Å². The van der Waals surface area contributed by atoms with Crippen LogP contribution in [0, 0.1) is 0 Å². The van der Waals surface area contributed by atoms with Crippen LogP contribution in [0.25, 0.3) is 0 Å². The first-order valence-corrected chi connectivity index (χ1v) is 12.5. The molecule has 0 radical (unpaired) electrons. The maximum atomic E-state index is 13.3. The van der Waals surface area contributed by atoms with Gasteiger partial charge in [-0.25, -0.2) is 13.2 Å². The number of fused-ring (bicyclic) bond motifs is 1. The molecule has 3 amide bonds. The highest BCUT2D eigenvalue weighted by molar-refractivity contribution is 7.89. The molecule has 0 atom stereocenters. The molecule has 1 fully saturated rings. The molecule has 0 saturated carbocycles. The molecule has 0 bridgehead atoms. The minimum Gasteiger partial charge on any atom is -0.336 e. The number of benzene rings is 3. The summed E-state index contributed by atoms with van der Waals surface area (Å²) in [4.78, 5) is 26.5. The number of hydrogen-bond donors (Lipinski definition) is 2. The fourth-order valence-electron chi connectivity index (χ4n) is 4.29. The number of rotatable bonds is 5. The summed E-state index contributed by atoms with van der Waals surface area (Å²) >= 11 is 0. The van der Waals surface area contributed by atoms with Gasteiger partial charge in [0.05, 0.1) is 4.90 Å². The van der Waals surface area contributed by atoms with Crippen LogP contribution in [0.1, 0.15) is 21.5 Å². The molecule has 2 aliphatic heterocycles. The second kappa shape index (κ2) is 8.92. The van der Waals surface area contributed by atoms with Gasteiger partial charge >= 0.3 is 6.03 Å². The second-order valence-electron chi connectivity index (χ2n) is 8.27. The Morgan fingerprint density at radius 1 is 0.912 bits per heavy atom. The van der Waals surface area contributed by atoms with E-state index in [1.165, 1.54) is 16.4 Å². The number of carbonyl (C=O) groups excluding carboxylic acids is 2. The zero-order valence-electron chi connectivity index (χ0n) is 18.4. The second-order valence-corrected chi connectivity index (χ2v) is 10.2. The first-order chi connectivity index (χ1) is 16.4. The fourth-order valence-corrected chi connectivity index (χ4v) is 5.76. The molecule has 3 aromatic rings. The zero-order valence-corrected chi connectivity index (χ0v) is 19.2. The van der Waals surface area contributed by atoms with Crippen LogP contribution in [0.5, 0.6) is 0 Å². The molecular weight excluding hydrogens is 452 g/mol. The number of urea groups is 1. The molecule has 8 nitrogen and oxygen atoms in total. The van der Waals surface area contributed by atoms with Crippen molar-refractivity contribution in [3.8, 4) is 0 Å². The summed E-state index contributed by atoms with van der Waals surface area (Å²) in [5.74, 6) is -0.427. The lowest BCUT2D eigenvalue weighted by atomic mass is 10.0. The molecule has 5 rings (SSSR count). The third-order valence-corrected chi connectivity index (χ3v) is 7.94. The summed E-state index contributed by atoms with van der Waals surface area (Å²) in [5.41, 5.74) is 3.59. The molecule has 174 valence electrons. The van der Waals surface area contributed by atoms with Crippen LogP contribution in [0.3, 0.4) is 0 Å². The van der Waals surface area contributed by atoms with Crippen molar-refractivity contribution in [2.24, 2.45) is 0 Å². The van der Waals surface area contributed by atoms with Gasteiger partial charge in [-0.15, -0.1) is 0 Å². The van der Waals surface area contributed by atoms with E-state index in [1.54, 1.807) is 41.3 Å². The average Bonchev–Trinajstić information content (AvgIpc) is 3.30. The standard InChI is InChI=1S/C25H24N4O4S/c30-24(27-21-8-4-9-22(16-21)29-14-12-26-25(29)31)19-7-3-10-23(15-19)34(32,33)28-13-11-18-5-1-2-6-20(18)17-28/h1-10,15-16H,11-14,17H2,(H,26,31)(H,27,30). The summed E-state index contributed by atoms with van der Waals surface area (Å²) < 4.78 is 28.1. The van der Waals surface area contributed by atoms with Crippen molar-refractivity contribution in [2.75, 3.05) is 29.9 Å². The molecule has 2 aliphatic rings. The van der Waals surface area contributed by atoms with Crippen LogP contribution in [0.15, 0.2) is 77.7 Å². The van der Waals surface area contributed by atoms with Crippen LogP contribution in [-0.2, 0) is 23.0 Å². The van der Waals surface area contributed by atoms with Crippen LogP contribution >= 0.6 is 0 Å². The lowest BCUT2D eigenvalue weighted by Gasteiger charge is -2.28. The van der Waals surface area contributed by atoms with Crippen molar-refractivity contribution in [3.63, 3.8) is 0 Å². The number of nitrogens with zero attached hydrogens (tertiary/aromatic N) is 2. The monoisotopic (exact) mass is 476 g/mol. The summed E-state index contributed by atoms with van der Waals surface area (Å²) in [6.45, 7) is 1.83. The minimum absolute atomic E-state index is 0.0852. The van der Waals surface area contributed by atoms with Gasteiger partial charge in [0.15, 0.2) is 0 Å². The Bertz CT molecular complexity index is 1370. The quantitative estimate of drug-likeness (QED) is 0.591. The molecule has 3 aromatic carbocycles. The van der Waals surface area contributed by atoms with Gasteiger partial charge in [-0.2, -0.15) is 4.31 Å². The van der Waals surface area contributed by atoms with E-state index in [1.807, 2.05) is 24.3 Å². The van der Waals surface area contributed by atoms with Gasteiger partial charge in [0, 0.05) is 43.1 Å². The molecule has 9 heteroatoms. The smallest absolute Gasteiger partial charge is 0.321 e. The van der Waals surface area contributed by atoms with Crippen molar-refractivity contribution < 1.29 is 18.0 Å². The molecule has 2 heterocycles. The molecule has 34 heavy (non-hydrogen) atoms. The molecule has 1 saturated heterocycles. The molecule has 0 unspecified atom stereocenters. The number of anilines is 2. The van der Waals surface area contributed by atoms with E-state index in [2.05, 4.69) is 10.6 Å². The summed E-state index contributed by atoms with van der Waals surface area (Å²) in [7, 11) is -3.76. The van der Waals surface area contributed by atoms with Gasteiger partial charge in [0.25, 0.3) is 5.91 Å². The van der Waals surface area contributed by atoms with Crippen molar-refractivity contribution in [2.45, 2.75) is 17.9 Å². The lowest BCUT2D eigenvalue weighted by Crippen LogP contribution is -2.36. The average molecular weight is 477 g/mol. The van der Waals surface area contributed by atoms with Crippen molar-refractivity contribution in [3.05, 3.63) is 89.5 Å². The molecule has 0 aliphatic carbocycles. The fraction of sp³-hybridized carbons (Fsp3) is 0.200. The Morgan fingerprint density at radius 2 is 1.71 bits per heavy atom. The van der Waals surface area contributed by atoms with Crippen LogP contribution in [-0.4, -0.2) is 44.3 Å². The predicted molar refractivity (Wildman–Crippen MR) is 129 cm³/mol. The highest BCUT2D eigenvalue weighted by atomic mass is 32.2. The van der Waals surface area contributed by atoms with Gasteiger partial charge in [0.1, 0.15) is 0 Å². The first kappa shape index (κ1) is 22.1. The number of sulfonamides is 1. The van der Waals surface area contributed by atoms with Gasteiger partial charge in [-0.1, -0.05) is 36.4 Å². The molecule has 0 spiro atoms. The van der Waals surface area contributed by atoms with Crippen molar-refractivity contribution >= 4 is 33.3 Å². The third-order valence-electron chi connectivity index (χ3n) is 6.10. The van der Waals surface area contributed by atoms with E-state index >= 15 is 0 Å². The van der Waals surface area contributed by atoms with Crippen molar-refractivity contribution in [1.29, 1.82) is 0 Å². The maximum absolute atomic E-state index is 13.3. The Labute approximate surface area is 198 Å². The van der Waals surface area contributed by atoms with E-state index in [0.717, 1.165) is 11.1 Å². The Kier molecular flexibility index (Phi) is 5.80. The molecular formula is C25H24N4O4S.